The van der Waals surface area contributed by atoms with Crippen molar-refractivity contribution in [3.8, 4) is 0 Å². The second kappa shape index (κ2) is 6.41. The van der Waals surface area contributed by atoms with Crippen LogP contribution in [0.15, 0.2) is 47.3 Å². The number of aromatic nitrogens is 1. The lowest BCUT2D eigenvalue weighted by molar-refractivity contribution is 0.187. The first kappa shape index (κ1) is 13.6. The number of methoxy groups -OCH3 is 1. The standard InChI is InChI=1S/C14H15ClN2O2/c1-19-10-9-17-13(3-2-4-14(17)18)16-12-7-5-11(15)6-8-12/h2-8,16H,9-10H2,1H3. The van der Waals surface area contributed by atoms with Crippen molar-refractivity contribution in [2.45, 2.75) is 6.54 Å². The third kappa shape index (κ3) is 3.59. The van der Waals surface area contributed by atoms with Crippen LogP contribution in [0, 0.1) is 0 Å². The molecule has 100 valence electrons. The van der Waals surface area contributed by atoms with Gasteiger partial charge in [-0.05, 0) is 30.3 Å². The van der Waals surface area contributed by atoms with Gasteiger partial charge in [0, 0.05) is 23.9 Å². The fourth-order valence-electron chi connectivity index (χ4n) is 1.72. The highest BCUT2D eigenvalue weighted by Crippen LogP contribution is 2.17. The van der Waals surface area contributed by atoms with E-state index in [1.54, 1.807) is 29.9 Å². The third-order valence-corrected chi connectivity index (χ3v) is 2.94. The number of rotatable bonds is 5. The average Bonchev–Trinajstić information content (AvgIpc) is 2.41. The second-order valence-electron chi connectivity index (χ2n) is 4.03. The molecule has 19 heavy (non-hydrogen) atoms. The van der Waals surface area contributed by atoms with Crippen LogP contribution in [0.2, 0.25) is 5.02 Å². The zero-order chi connectivity index (χ0) is 13.7. The Labute approximate surface area is 116 Å². The molecule has 2 rings (SSSR count). The lowest BCUT2D eigenvalue weighted by Gasteiger charge is -2.14. The molecule has 1 N–H and O–H groups in total. The number of nitrogens with zero attached hydrogens (tertiary/aromatic N) is 1. The van der Waals surface area contributed by atoms with E-state index in [1.807, 2.05) is 18.2 Å². The van der Waals surface area contributed by atoms with Crippen molar-refractivity contribution in [2.24, 2.45) is 0 Å². The molecule has 0 fully saturated rings. The number of anilines is 2. The molecule has 0 aliphatic carbocycles. The first-order chi connectivity index (χ1) is 9.20. The van der Waals surface area contributed by atoms with Crippen LogP contribution in [0.5, 0.6) is 0 Å². The van der Waals surface area contributed by atoms with Crippen molar-refractivity contribution in [1.29, 1.82) is 0 Å². The summed E-state index contributed by atoms with van der Waals surface area (Å²) in [7, 11) is 1.61. The van der Waals surface area contributed by atoms with Gasteiger partial charge in [0.05, 0.1) is 13.2 Å². The van der Waals surface area contributed by atoms with Gasteiger partial charge in [0.25, 0.3) is 5.56 Å². The molecule has 4 nitrogen and oxygen atoms in total. The highest BCUT2D eigenvalue weighted by Gasteiger charge is 2.03. The summed E-state index contributed by atoms with van der Waals surface area (Å²) in [6, 6.07) is 12.4. The molecule has 1 aromatic carbocycles. The van der Waals surface area contributed by atoms with Gasteiger partial charge < -0.3 is 10.1 Å². The SMILES string of the molecule is COCCn1c(Nc2ccc(Cl)cc2)cccc1=O. The Hall–Kier alpha value is -1.78. The summed E-state index contributed by atoms with van der Waals surface area (Å²) >= 11 is 5.84. The normalized spacial score (nSPS) is 10.4. The van der Waals surface area contributed by atoms with Crippen LogP contribution < -0.4 is 10.9 Å². The minimum Gasteiger partial charge on any atom is -0.383 e. The van der Waals surface area contributed by atoms with Crippen molar-refractivity contribution in [3.05, 3.63) is 57.8 Å². The van der Waals surface area contributed by atoms with Gasteiger partial charge in [0.1, 0.15) is 5.82 Å². The fraction of sp³-hybridized carbons (Fsp3) is 0.214. The molecule has 0 saturated heterocycles. The molecular formula is C14H15ClN2O2. The van der Waals surface area contributed by atoms with Gasteiger partial charge in [-0.3, -0.25) is 9.36 Å². The molecule has 0 aliphatic rings. The predicted octanol–water partition coefficient (Wildman–Crippen LogP) is 2.89. The number of ether oxygens (including phenoxy) is 1. The topological polar surface area (TPSA) is 43.3 Å². The minimum absolute atomic E-state index is 0.0592. The Bertz CT molecular complexity index is 593. The van der Waals surface area contributed by atoms with E-state index in [9.17, 15) is 4.79 Å². The van der Waals surface area contributed by atoms with E-state index < -0.39 is 0 Å². The van der Waals surface area contributed by atoms with Gasteiger partial charge in [0.2, 0.25) is 0 Å². The van der Waals surface area contributed by atoms with E-state index in [-0.39, 0.29) is 5.56 Å². The Morgan fingerprint density at radius 1 is 1.21 bits per heavy atom. The number of halogens is 1. The van der Waals surface area contributed by atoms with Crippen LogP contribution >= 0.6 is 11.6 Å². The van der Waals surface area contributed by atoms with E-state index >= 15 is 0 Å². The monoisotopic (exact) mass is 278 g/mol. The summed E-state index contributed by atoms with van der Waals surface area (Å²) in [5.74, 6) is 0.729. The second-order valence-corrected chi connectivity index (χ2v) is 4.46. The summed E-state index contributed by atoms with van der Waals surface area (Å²) in [6.07, 6.45) is 0. The zero-order valence-electron chi connectivity index (χ0n) is 10.6. The largest absolute Gasteiger partial charge is 0.383 e. The molecular weight excluding hydrogens is 264 g/mol. The van der Waals surface area contributed by atoms with Crippen LogP contribution in [-0.4, -0.2) is 18.3 Å². The van der Waals surface area contributed by atoms with E-state index in [0.717, 1.165) is 11.5 Å². The van der Waals surface area contributed by atoms with Crippen molar-refractivity contribution in [2.75, 3.05) is 19.0 Å². The van der Waals surface area contributed by atoms with Gasteiger partial charge in [-0.1, -0.05) is 17.7 Å². The summed E-state index contributed by atoms with van der Waals surface area (Å²) in [5, 5.41) is 3.87. The molecule has 1 heterocycles. The molecule has 2 aromatic rings. The lowest BCUT2D eigenvalue weighted by Crippen LogP contribution is -2.23. The quantitative estimate of drug-likeness (QED) is 0.914. The summed E-state index contributed by atoms with van der Waals surface area (Å²) in [6.45, 7) is 0.991. The van der Waals surface area contributed by atoms with Gasteiger partial charge in [-0.15, -0.1) is 0 Å². The average molecular weight is 279 g/mol. The molecule has 1 aromatic heterocycles. The van der Waals surface area contributed by atoms with Gasteiger partial charge in [-0.2, -0.15) is 0 Å². The van der Waals surface area contributed by atoms with Crippen LogP contribution in [-0.2, 0) is 11.3 Å². The molecule has 0 radical (unpaired) electrons. The van der Waals surface area contributed by atoms with Gasteiger partial charge in [0.15, 0.2) is 0 Å². The number of pyridine rings is 1. The predicted molar refractivity (Wildman–Crippen MR) is 77.3 cm³/mol. The minimum atomic E-state index is -0.0592. The van der Waals surface area contributed by atoms with E-state index in [2.05, 4.69) is 5.32 Å². The molecule has 0 spiro atoms. The van der Waals surface area contributed by atoms with Crippen molar-refractivity contribution in [1.82, 2.24) is 4.57 Å². The first-order valence-electron chi connectivity index (χ1n) is 5.92. The maximum Gasteiger partial charge on any atom is 0.252 e. The fourth-order valence-corrected chi connectivity index (χ4v) is 1.85. The molecule has 0 amide bonds. The lowest BCUT2D eigenvalue weighted by atomic mass is 10.3. The van der Waals surface area contributed by atoms with E-state index in [1.165, 1.54) is 6.07 Å². The van der Waals surface area contributed by atoms with Crippen LogP contribution in [0.1, 0.15) is 0 Å². The van der Waals surface area contributed by atoms with Crippen LogP contribution in [0.3, 0.4) is 0 Å². The Kier molecular flexibility index (Phi) is 4.60. The highest BCUT2D eigenvalue weighted by molar-refractivity contribution is 6.30. The van der Waals surface area contributed by atoms with Crippen LogP contribution in [0.25, 0.3) is 0 Å². The maximum atomic E-state index is 11.8. The number of nitrogens with one attached hydrogen (secondary N) is 1. The maximum absolute atomic E-state index is 11.8. The van der Waals surface area contributed by atoms with E-state index in [0.29, 0.717) is 18.2 Å². The molecule has 0 bridgehead atoms. The van der Waals surface area contributed by atoms with Crippen LogP contribution in [0.4, 0.5) is 11.5 Å². The summed E-state index contributed by atoms with van der Waals surface area (Å²) in [4.78, 5) is 11.8. The number of hydrogen-bond donors (Lipinski definition) is 1. The van der Waals surface area contributed by atoms with Crippen molar-refractivity contribution >= 4 is 23.1 Å². The molecule has 5 heteroatoms. The summed E-state index contributed by atoms with van der Waals surface area (Å²) < 4.78 is 6.65. The number of hydrogen-bond acceptors (Lipinski definition) is 3. The zero-order valence-corrected chi connectivity index (χ0v) is 11.4. The van der Waals surface area contributed by atoms with Gasteiger partial charge in [-0.25, -0.2) is 0 Å². The van der Waals surface area contributed by atoms with Crippen molar-refractivity contribution < 1.29 is 4.74 Å². The first-order valence-corrected chi connectivity index (χ1v) is 6.30. The molecule has 0 unspecified atom stereocenters. The molecule has 0 atom stereocenters. The Morgan fingerprint density at radius 3 is 2.63 bits per heavy atom. The molecule has 0 saturated carbocycles. The van der Waals surface area contributed by atoms with Gasteiger partial charge >= 0.3 is 0 Å². The highest BCUT2D eigenvalue weighted by atomic mass is 35.5. The summed E-state index contributed by atoms with van der Waals surface area (Å²) in [5.41, 5.74) is 0.817. The molecule has 0 aliphatic heterocycles. The van der Waals surface area contributed by atoms with E-state index in [4.69, 9.17) is 16.3 Å². The smallest absolute Gasteiger partial charge is 0.252 e. The Balaban J connectivity index is 2.26. The number of benzene rings is 1. The van der Waals surface area contributed by atoms with Crippen molar-refractivity contribution in [3.63, 3.8) is 0 Å². The third-order valence-electron chi connectivity index (χ3n) is 2.69. The Morgan fingerprint density at radius 2 is 1.95 bits per heavy atom.